The normalized spacial score (nSPS) is 12.3. The highest BCUT2D eigenvalue weighted by Crippen LogP contribution is 2.28. The van der Waals surface area contributed by atoms with Crippen LogP contribution in [-0.4, -0.2) is 11.1 Å². The van der Waals surface area contributed by atoms with E-state index in [2.05, 4.69) is 0 Å². The number of thiophene rings is 1. The number of hydrogen-bond donors (Lipinski definition) is 1. The molecule has 0 aliphatic heterocycles. The van der Waals surface area contributed by atoms with E-state index in [1.165, 1.54) is 11.3 Å². The molecule has 0 saturated heterocycles. The molecule has 94 valence electrons. The van der Waals surface area contributed by atoms with E-state index < -0.39 is 11.9 Å². The Morgan fingerprint density at radius 1 is 1.28 bits per heavy atom. The summed E-state index contributed by atoms with van der Waals surface area (Å²) in [5.74, 6) is -1.32. The summed E-state index contributed by atoms with van der Waals surface area (Å²) in [6.45, 7) is 1.98. The Bertz CT molecular complexity index is 545. The zero-order chi connectivity index (χ0) is 13.1. The molecule has 2 nitrogen and oxygen atoms in total. The molecule has 4 heteroatoms. The Balaban J connectivity index is 2.23. The lowest BCUT2D eigenvalue weighted by Crippen LogP contribution is -2.13. The van der Waals surface area contributed by atoms with Gasteiger partial charge >= 0.3 is 5.97 Å². The standard InChI is InChI=1S/C14H13ClO2S/c1-9-2-4-10(5-3-9)12(14(16)17)8-11-6-7-13(15)18-11/h2-7,12H,8H2,1H3,(H,16,17). The van der Waals surface area contributed by atoms with E-state index in [0.717, 1.165) is 16.0 Å². The van der Waals surface area contributed by atoms with Gasteiger partial charge in [-0.3, -0.25) is 4.79 Å². The first kappa shape index (κ1) is 13.1. The zero-order valence-corrected chi connectivity index (χ0v) is 11.5. The van der Waals surface area contributed by atoms with Crippen molar-refractivity contribution in [2.45, 2.75) is 19.3 Å². The Morgan fingerprint density at radius 3 is 2.44 bits per heavy atom. The molecule has 1 aromatic carbocycles. The van der Waals surface area contributed by atoms with Crippen molar-refractivity contribution in [3.63, 3.8) is 0 Å². The molecule has 1 unspecified atom stereocenters. The van der Waals surface area contributed by atoms with Gasteiger partial charge in [0, 0.05) is 4.88 Å². The summed E-state index contributed by atoms with van der Waals surface area (Å²) >= 11 is 7.29. The van der Waals surface area contributed by atoms with Gasteiger partial charge in [-0.1, -0.05) is 41.4 Å². The van der Waals surface area contributed by atoms with Gasteiger partial charge in [0.1, 0.15) is 0 Å². The lowest BCUT2D eigenvalue weighted by atomic mass is 9.94. The van der Waals surface area contributed by atoms with Gasteiger partial charge < -0.3 is 5.11 Å². The van der Waals surface area contributed by atoms with Gasteiger partial charge in [0.2, 0.25) is 0 Å². The van der Waals surface area contributed by atoms with Crippen molar-refractivity contribution in [2.75, 3.05) is 0 Å². The average molecular weight is 281 g/mol. The van der Waals surface area contributed by atoms with Crippen LogP contribution in [0.2, 0.25) is 4.34 Å². The smallest absolute Gasteiger partial charge is 0.311 e. The summed E-state index contributed by atoms with van der Waals surface area (Å²) in [7, 11) is 0. The maximum Gasteiger partial charge on any atom is 0.311 e. The van der Waals surface area contributed by atoms with Crippen LogP contribution in [0.1, 0.15) is 21.9 Å². The molecule has 18 heavy (non-hydrogen) atoms. The molecular weight excluding hydrogens is 268 g/mol. The molecule has 0 amide bonds. The van der Waals surface area contributed by atoms with Crippen LogP contribution in [-0.2, 0) is 11.2 Å². The fourth-order valence-corrected chi connectivity index (χ4v) is 2.94. The third-order valence-electron chi connectivity index (χ3n) is 2.81. The van der Waals surface area contributed by atoms with Crippen LogP contribution < -0.4 is 0 Å². The maximum absolute atomic E-state index is 11.4. The molecule has 0 radical (unpaired) electrons. The Hall–Kier alpha value is -1.32. The second kappa shape index (κ2) is 5.55. The SMILES string of the molecule is Cc1ccc(C(Cc2ccc(Cl)s2)C(=O)O)cc1. The Kier molecular flexibility index (Phi) is 4.04. The monoisotopic (exact) mass is 280 g/mol. The van der Waals surface area contributed by atoms with Crippen molar-refractivity contribution in [3.8, 4) is 0 Å². The predicted molar refractivity (Wildman–Crippen MR) is 74.6 cm³/mol. The lowest BCUT2D eigenvalue weighted by Gasteiger charge is -2.11. The molecule has 0 aliphatic rings. The second-order valence-electron chi connectivity index (χ2n) is 4.21. The fourth-order valence-electron chi connectivity index (χ4n) is 1.81. The van der Waals surface area contributed by atoms with Crippen LogP contribution in [0.4, 0.5) is 0 Å². The lowest BCUT2D eigenvalue weighted by molar-refractivity contribution is -0.138. The first-order chi connectivity index (χ1) is 8.56. The van der Waals surface area contributed by atoms with E-state index in [1.54, 1.807) is 6.07 Å². The van der Waals surface area contributed by atoms with Crippen LogP contribution in [0.5, 0.6) is 0 Å². The van der Waals surface area contributed by atoms with Gasteiger partial charge in [-0.2, -0.15) is 0 Å². The number of carboxylic acids is 1. The fraction of sp³-hybridized carbons (Fsp3) is 0.214. The first-order valence-corrected chi connectivity index (χ1v) is 6.79. The van der Waals surface area contributed by atoms with Crippen molar-refractivity contribution in [3.05, 3.63) is 56.7 Å². The molecular formula is C14H13ClO2S. The van der Waals surface area contributed by atoms with Crippen LogP contribution in [0.15, 0.2) is 36.4 Å². The van der Waals surface area contributed by atoms with Crippen molar-refractivity contribution in [1.82, 2.24) is 0 Å². The Morgan fingerprint density at radius 2 is 1.94 bits per heavy atom. The van der Waals surface area contributed by atoms with Crippen LogP contribution >= 0.6 is 22.9 Å². The molecule has 0 spiro atoms. The second-order valence-corrected chi connectivity index (χ2v) is 6.01. The van der Waals surface area contributed by atoms with E-state index in [9.17, 15) is 9.90 Å². The first-order valence-electron chi connectivity index (χ1n) is 5.60. The summed E-state index contributed by atoms with van der Waals surface area (Å²) in [6.07, 6.45) is 0.482. The molecule has 1 N–H and O–H groups in total. The van der Waals surface area contributed by atoms with Crippen molar-refractivity contribution >= 4 is 28.9 Å². The van der Waals surface area contributed by atoms with Gasteiger partial charge in [0.15, 0.2) is 0 Å². The highest BCUT2D eigenvalue weighted by atomic mass is 35.5. The molecule has 2 aromatic rings. The van der Waals surface area contributed by atoms with E-state index in [4.69, 9.17) is 11.6 Å². The van der Waals surface area contributed by atoms with E-state index in [0.29, 0.717) is 10.8 Å². The van der Waals surface area contributed by atoms with Gasteiger partial charge in [-0.15, -0.1) is 11.3 Å². The Labute approximate surface area is 115 Å². The molecule has 1 atom stereocenters. The molecule has 0 saturated carbocycles. The third kappa shape index (κ3) is 3.12. The van der Waals surface area contributed by atoms with Crippen molar-refractivity contribution < 1.29 is 9.90 Å². The molecule has 1 heterocycles. The zero-order valence-electron chi connectivity index (χ0n) is 9.89. The summed E-state index contributed by atoms with van der Waals surface area (Å²) in [6, 6.07) is 11.3. The minimum Gasteiger partial charge on any atom is -0.481 e. The highest BCUT2D eigenvalue weighted by Gasteiger charge is 2.20. The highest BCUT2D eigenvalue weighted by molar-refractivity contribution is 7.16. The summed E-state index contributed by atoms with van der Waals surface area (Å²) in [5, 5.41) is 9.34. The quantitative estimate of drug-likeness (QED) is 0.915. The number of aliphatic carboxylic acids is 1. The van der Waals surface area contributed by atoms with Crippen LogP contribution in [0.3, 0.4) is 0 Å². The van der Waals surface area contributed by atoms with E-state index >= 15 is 0 Å². The number of rotatable bonds is 4. The molecule has 0 fully saturated rings. The maximum atomic E-state index is 11.4. The summed E-state index contributed by atoms with van der Waals surface area (Å²) in [5.41, 5.74) is 1.96. The molecule has 0 bridgehead atoms. The molecule has 0 aliphatic carbocycles. The molecule has 2 rings (SSSR count). The predicted octanol–water partition coefficient (Wildman–Crippen LogP) is 4.12. The number of benzene rings is 1. The third-order valence-corrected chi connectivity index (χ3v) is 4.07. The number of carboxylic acid groups (broad SMARTS) is 1. The summed E-state index contributed by atoms with van der Waals surface area (Å²) in [4.78, 5) is 12.4. The molecule has 1 aromatic heterocycles. The van der Waals surface area contributed by atoms with E-state index in [-0.39, 0.29) is 0 Å². The van der Waals surface area contributed by atoms with Gasteiger partial charge in [-0.05, 0) is 31.0 Å². The average Bonchev–Trinajstić information content (AvgIpc) is 2.73. The number of carbonyl (C=O) groups is 1. The van der Waals surface area contributed by atoms with E-state index in [1.807, 2.05) is 37.3 Å². The minimum atomic E-state index is -0.802. The van der Waals surface area contributed by atoms with Crippen LogP contribution in [0.25, 0.3) is 0 Å². The van der Waals surface area contributed by atoms with Crippen molar-refractivity contribution in [1.29, 1.82) is 0 Å². The van der Waals surface area contributed by atoms with Gasteiger partial charge in [-0.25, -0.2) is 0 Å². The largest absolute Gasteiger partial charge is 0.481 e. The van der Waals surface area contributed by atoms with Gasteiger partial charge in [0.05, 0.1) is 10.3 Å². The number of aryl methyl sites for hydroxylation is 1. The number of halogens is 1. The van der Waals surface area contributed by atoms with Crippen LogP contribution in [0, 0.1) is 6.92 Å². The minimum absolute atomic E-state index is 0.482. The topological polar surface area (TPSA) is 37.3 Å². The number of hydrogen-bond acceptors (Lipinski definition) is 2. The van der Waals surface area contributed by atoms with Crippen molar-refractivity contribution in [2.24, 2.45) is 0 Å². The summed E-state index contributed by atoms with van der Waals surface area (Å²) < 4.78 is 0.693. The van der Waals surface area contributed by atoms with Gasteiger partial charge in [0.25, 0.3) is 0 Å².